The van der Waals surface area contributed by atoms with E-state index in [1.165, 1.54) is 38.1 Å². The molecule has 0 aliphatic heterocycles. The van der Waals surface area contributed by atoms with Crippen molar-refractivity contribution < 1.29 is 27.8 Å². The molecule has 0 bridgehead atoms. The average Bonchev–Trinajstić information content (AvgIpc) is 2.65. The van der Waals surface area contributed by atoms with Crippen LogP contribution >= 0.6 is 0 Å². The Labute approximate surface area is 154 Å². The van der Waals surface area contributed by atoms with Gasteiger partial charge in [-0.2, -0.15) is 5.26 Å². The Morgan fingerprint density at radius 3 is 2.19 bits per heavy atom. The van der Waals surface area contributed by atoms with Crippen LogP contribution in [-0.2, 0) is 14.3 Å². The second-order valence-corrected chi connectivity index (χ2v) is 5.56. The number of benzene rings is 2. The molecule has 8 heteroatoms. The molecule has 1 amide bonds. The minimum atomic E-state index is -1.30. The Bertz CT molecular complexity index is 858. The monoisotopic (exact) mass is 374 g/mol. The van der Waals surface area contributed by atoms with E-state index < -0.39 is 41.4 Å². The molecule has 1 N–H and O–H groups in total. The largest absolute Gasteiger partial charge is 0.479 e. The number of para-hydroxylation sites is 1. The van der Waals surface area contributed by atoms with E-state index in [2.05, 4.69) is 0 Å². The van der Waals surface area contributed by atoms with Gasteiger partial charge < -0.3 is 14.8 Å². The molecule has 0 spiro atoms. The maximum absolute atomic E-state index is 13.6. The van der Waals surface area contributed by atoms with Crippen molar-refractivity contribution in [2.45, 2.75) is 26.1 Å². The number of carbonyl (C=O) groups is 2. The topological polar surface area (TPSA) is 88.4 Å². The van der Waals surface area contributed by atoms with Crippen LogP contribution in [0.4, 0.5) is 14.5 Å². The first kappa shape index (κ1) is 19.8. The van der Waals surface area contributed by atoms with Crippen molar-refractivity contribution >= 4 is 17.6 Å². The third-order valence-electron chi connectivity index (χ3n) is 3.50. The Kier molecular flexibility index (Phi) is 6.44. The van der Waals surface area contributed by atoms with E-state index in [0.717, 1.165) is 18.2 Å². The molecule has 2 rings (SSSR count). The Morgan fingerprint density at radius 2 is 1.63 bits per heavy atom. The predicted molar refractivity (Wildman–Crippen MR) is 91.8 cm³/mol. The summed E-state index contributed by atoms with van der Waals surface area (Å²) in [5.74, 6) is -3.28. The molecule has 0 aromatic heterocycles. The smallest absolute Gasteiger partial charge is 0.347 e. The van der Waals surface area contributed by atoms with Gasteiger partial charge in [-0.1, -0.05) is 6.07 Å². The van der Waals surface area contributed by atoms with Gasteiger partial charge in [-0.25, -0.2) is 13.6 Å². The highest BCUT2D eigenvalue weighted by molar-refractivity contribution is 5.95. The van der Waals surface area contributed by atoms with E-state index >= 15 is 0 Å². The highest BCUT2D eigenvalue weighted by Gasteiger charge is 2.24. The van der Waals surface area contributed by atoms with E-state index in [0.29, 0.717) is 11.3 Å². The number of hydrogen-bond acceptors (Lipinski definition) is 5. The summed E-state index contributed by atoms with van der Waals surface area (Å²) < 4.78 is 37.5. The number of halogens is 2. The fourth-order valence-electron chi connectivity index (χ4n) is 2.03. The summed E-state index contributed by atoms with van der Waals surface area (Å²) in [6.07, 6.45) is -2.35. The number of hydrogen-bond donors (Lipinski definition) is 1. The van der Waals surface area contributed by atoms with Crippen LogP contribution < -0.4 is 10.1 Å². The summed E-state index contributed by atoms with van der Waals surface area (Å²) in [6, 6.07) is 11.2. The fourth-order valence-corrected chi connectivity index (χ4v) is 2.03. The number of rotatable bonds is 6. The van der Waals surface area contributed by atoms with Crippen molar-refractivity contribution in [3.63, 3.8) is 0 Å². The minimum absolute atomic E-state index is 0.337. The number of ether oxygens (including phenoxy) is 2. The number of nitriles is 1. The Hall–Kier alpha value is -3.47. The molecule has 0 aliphatic carbocycles. The van der Waals surface area contributed by atoms with Gasteiger partial charge in [0.15, 0.2) is 12.2 Å². The molecule has 0 heterocycles. The van der Waals surface area contributed by atoms with E-state index in [1.54, 1.807) is 0 Å². The molecule has 0 unspecified atom stereocenters. The first-order valence-corrected chi connectivity index (χ1v) is 7.94. The van der Waals surface area contributed by atoms with Crippen LogP contribution in [0.1, 0.15) is 19.4 Å². The van der Waals surface area contributed by atoms with Crippen molar-refractivity contribution in [1.29, 1.82) is 5.26 Å². The molecular weight excluding hydrogens is 358 g/mol. The molecule has 27 heavy (non-hydrogen) atoms. The molecule has 2 aromatic carbocycles. The van der Waals surface area contributed by atoms with E-state index in [-0.39, 0.29) is 0 Å². The van der Waals surface area contributed by atoms with Gasteiger partial charge in [0.1, 0.15) is 23.1 Å². The number of carbonyl (C=O) groups excluding carboxylic acids is 2. The molecule has 2 atom stereocenters. The van der Waals surface area contributed by atoms with Crippen LogP contribution in [0.5, 0.6) is 5.75 Å². The molecule has 6 nitrogen and oxygen atoms in total. The molecule has 0 saturated carbocycles. The third kappa shape index (κ3) is 5.25. The van der Waals surface area contributed by atoms with Crippen molar-refractivity contribution in [3.8, 4) is 11.8 Å². The predicted octanol–water partition coefficient (Wildman–Crippen LogP) is 3.17. The first-order chi connectivity index (χ1) is 12.8. The number of amides is 1. The zero-order valence-electron chi connectivity index (χ0n) is 14.5. The SMILES string of the molecule is C[C@H](OC(=O)[C@@H](C)Oc1ccc(C#N)cc1)C(=O)Nc1c(F)cccc1F. The molecular formula is C19H16F2N2O4. The lowest BCUT2D eigenvalue weighted by Crippen LogP contribution is -2.35. The quantitative estimate of drug-likeness (QED) is 0.785. The first-order valence-electron chi connectivity index (χ1n) is 7.94. The van der Waals surface area contributed by atoms with Crippen LogP contribution in [0.2, 0.25) is 0 Å². The molecule has 2 aromatic rings. The van der Waals surface area contributed by atoms with Crippen molar-refractivity contribution in [2.24, 2.45) is 0 Å². The highest BCUT2D eigenvalue weighted by Crippen LogP contribution is 2.19. The summed E-state index contributed by atoms with van der Waals surface area (Å²) >= 11 is 0. The summed E-state index contributed by atoms with van der Waals surface area (Å²) in [5.41, 5.74) is -0.185. The fraction of sp³-hybridized carbons (Fsp3) is 0.211. The van der Waals surface area contributed by atoms with Crippen molar-refractivity contribution in [1.82, 2.24) is 0 Å². The minimum Gasteiger partial charge on any atom is -0.479 e. The van der Waals surface area contributed by atoms with Gasteiger partial charge in [-0.15, -0.1) is 0 Å². The van der Waals surface area contributed by atoms with Crippen LogP contribution in [0, 0.1) is 23.0 Å². The molecule has 140 valence electrons. The Morgan fingerprint density at radius 1 is 1.04 bits per heavy atom. The maximum atomic E-state index is 13.6. The van der Waals surface area contributed by atoms with Crippen LogP contribution in [-0.4, -0.2) is 24.1 Å². The summed E-state index contributed by atoms with van der Waals surface area (Å²) in [5, 5.41) is 10.8. The summed E-state index contributed by atoms with van der Waals surface area (Å²) in [6.45, 7) is 2.68. The van der Waals surface area contributed by atoms with E-state index in [1.807, 2.05) is 11.4 Å². The summed E-state index contributed by atoms with van der Waals surface area (Å²) in [7, 11) is 0. The molecule has 0 radical (unpaired) electrons. The van der Waals surface area contributed by atoms with Gasteiger partial charge in [0.05, 0.1) is 11.6 Å². The van der Waals surface area contributed by atoms with Crippen LogP contribution in [0.25, 0.3) is 0 Å². The normalized spacial score (nSPS) is 12.4. The lowest BCUT2D eigenvalue weighted by molar-refractivity contribution is -0.159. The maximum Gasteiger partial charge on any atom is 0.347 e. The number of nitrogens with one attached hydrogen (secondary N) is 1. The standard InChI is InChI=1S/C19H16F2N2O4/c1-11(18(24)23-17-15(20)4-3-5-16(17)21)27-19(25)12(2)26-14-8-6-13(10-22)7-9-14/h3-9,11-12H,1-2H3,(H,23,24)/t11-,12+/m0/s1. The zero-order chi connectivity index (χ0) is 20.0. The number of anilines is 1. The van der Waals surface area contributed by atoms with Crippen molar-refractivity contribution in [3.05, 3.63) is 59.7 Å². The third-order valence-corrected chi connectivity index (χ3v) is 3.50. The van der Waals surface area contributed by atoms with Gasteiger partial charge in [0, 0.05) is 0 Å². The van der Waals surface area contributed by atoms with Gasteiger partial charge >= 0.3 is 5.97 Å². The van der Waals surface area contributed by atoms with Gasteiger partial charge in [-0.05, 0) is 50.2 Å². The zero-order valence-corrected chi connectivity index (χ0v) is 14.5. The molecule has 0 fully saturated rings. The number of nitrogens with zero attached hydrogens (tertiary/aromatic N) is 1. The molecule has 0 aliphatic rings. The summed E-state index contributed by atoms with van der Waals surface area (Å²) in [4.78, 5) is 24.1. The van der Waals surface area contributed by atoms with E-state index in [4.69, 9.17) is 14.7 Å². The van der Waals surface area contributed by atoms with Gasteiger partial charge in [0.2, 0.25) is 0 Å². The van der Waals surface area contributed by atoms with Crippen LogP contribution in [0.15, 0.2) is 42.5 Å². The van der Waals surface area contributed by atoms with Gasteiger partial charge in [0.25, 0.3) is 5.91 Å². The average molecular weight is 374 g/mol. The number of esters is 1. The van der Waals surface area contributed by atoms with Crippen molar-refractivity contribution in [2.75, 3.05) is 5.32 Å². The van der Waals surface area contributed by atoms with E-state index in [9.17, 15) is 18.4 Å². The second kappa shape index (κ2) is 8.76. The molecule has 0 saturated heterocycles. The Balaban J connectivity index is 1.93. The highest BCUT2D eigenvalue weighted by atomic mass is 19.1. The van der Waals surface area contributed by atoms with Gasteiger partial charge in [-0.3, -0.25) is 4.79 Å². The lowest BCUT2D eigenvalue weighted by atomic mass is 10.2. The van der Waals surface area contributed by atoms with Crippen LogP contribution in [0.3, 0.4) is 0 Å². The second-order valence-electron chi connectivity index (χ2n) is 5.56. The lowest BCUT2D eigenvalue weighted by Gasteiger charge is -2.18.